The Labute approximate surface area is 88.5 Å². The number of terminal acetylenes is 1. The molecule has 0 aliphatic heterocycles. The van der Waals surface area contributed by atoms with Crippen molar-refractivity contribution in [1.29, 1.82) is 0 Å². The average Bonchev–Trinajstić information content (AvgIpc) is 2.66. The molecule has 1 heterocycles. The van der Waals surface area contributed by atoms with Gasteiger partial charge in [-0.3, -0.25) is 4.79 Å². The lowest BCUT2D eigenvalue weighted by Gasteiger charge is -2.17. The zero-order valence-corrected chi connectivity index (χ0v) is 9.01. The van der Waals surface area contributed by atoms with Crippen LogP contribution in [-0.2, 0) is 11.2 Å². The molecule has 74 valence electrons. The SMILES string of the molecule is C#CCN(CC)C(=O)Cc1cccs1. The lowest BCUT2D eigenvalue weighted by atomic mass is 10.3. The van der Waals surface area contributed by atoms with Crippen LogP contribution in [0.4, 0.5) is 0 Å². The fourth-order valence-corrected chi connectivity index (χ4v) is 1.86. The second kappa shape index (κ2) is 5.46. The molecule has 0 aliphatic rings. The van der Waals surface area contributed by atoms with Crippen molar-refractivity contribution in [2.24, 2.45) is 0 Å². The number of carbonyl (C=O) groups is 1. The van der Waals surface area contributed by atoms with Crippen LogP contribution in [0.15, 0.2) is 17.5 Å². The van der Waals surface area contributed by atoms with Crippen molar-refractivity contribution >= 4 is 17.2 Å². The van der Waals surface area contributed by atoms with Crippen molar-refractivity contribution in [3.63, 3.8) is 0 Å². The van der Waals surface area contributed by atoms with E-state index in [0.29, 0.717) is 19.5 Å². The second-order valence-corrected chi connectivity index (χ2v) is 3.90. The van der Waals surface area contributed by atoms with E-state index in [9.17, 15) is 4.79 Å². The van der Waals surface area contributed by atoms with E-state index in [2.05, 4.69) is 5.92 Å². The maximum Gasteiger partial charge on any atom is 0.228 e. The first-order valence-electron chi connectivity index (χ1n) is 4.51. The summed E-state index contributed by atoms with van der Waals surface area (Å²) in [6.07, 6.45) is 5.64. The molecule has 2 nitrogen and oxygen atoms in total. The van der Waals surface area contributed by atoms with Gasteiger partial charge in [-0.15, -0.1) is 17.8 Å². The molecule has 0 aliphatic carbocycles. The van der Waals surface area contributed by atoms with Crippen molar-refractivity contribution in [2.45, 2.75) is 13.3 Å². The van der Waals surface area contributed by atoms with Gasteiger partial charge in [0.05, 0.1) is 13.0 Å². The van der Waals surface area contributed by atoms with Crippen LogP contribution >= 0.6 is 11.3 Å². The molecule has 1 rings (SSSR count). The summed E-state index contributed by atoms with van der Waals surface area (Å²) < 4.78 is 0. The fraction of sp³-hybridized carbons (Fsp3) is 0.364. The van der Waals surface area contributed by atoms with Crippen LogP contribution in [0.5, 0.6) is 0 Å². The highest BCUT2D eigenvalue weighted by Gasteiger charge is 2.10. The molecule has 0 N–H and O–H groups in total. The molecular weight excluding hydrogens is 194 g/mol. The molecule has 0 saturated carbocycles. The molecule has 3 heteroatoms. The van der Waals surface area contributed by atoms with Crippen LogP contribution in [0.3, 0.4) is 0 Å². The normalized spacial score (nSPS) is 9.43. The maximum absolute atomic E-state index is 11.7. The number of likely N-dealkylation sites (N-methyl/N-ethyl adjacent to an activating group) is 1. The zero-order chi connectivity index (χ0) is 10.4. The molecule has 1 aromatic rings. The molecule has 0 bridgehead atoms. The largest absolute Gasteiger partial charge is 0.332 e. The van der Waals surface area contributed by atoms with Crippen molar-refractivity contribution in [2.75, 3.05) is 13.1 Å². The van der Waals surface area contributed by atoms with Gasteiger partial charge in [0.2, 0.25) is 5.91 Å². The third kappa shape index (κ3) is 2.90. The number of amides is 1. The van der Waals surface area contributed by atoms with Crippen molar-refractivity contribution in [1.82, 2.24) is 4.90 Å². The number of nitrogens with zero attached hydrogens (tertiary/aromatic N) is 1. The first kappa shape index (κ1) is 10.8. The van der Waals surface area contributed by atoms with Gasteiger partial charge in [0.25, 0.3) is 0 Å². The quantitative estimate of drug-likeness (QED) is 0.689. The molecular formula is C11H13NOS. The minimum atomic E-state index is 0.105. The summed E-state index contributed by atoms with van der Waals surface area (Å²) in [6, 6.07) is 3.91. The van der Waals surface area contributed by atoms with E-state index in [1.54, 1.807) is 16.2 Å². The summed E-state index contributed by atoms with van der Waals surface area (Å²) in [7, 11) is 0. The number of carbonyl (C=O) groups excluding carboxylic acids is 1. The summed E-state index contributed by atoms with van der Waals surface area (Å²) >= 11 is 1.60. The molecule has 0 atom stereocenters. The van der Waals surface area contributed by atoms with Gasteiger partial charge < -0.3 is 4.90 Å². The van der Waals surface area contributed by atoms with E-state index in [-0.39, 0.29) is 5.91 Å². The van der Waals surface area contributed by atoms with E-state index >= 15 is 0 Å². The van der Waals surface area contributed by atoms with Crippen LogP contribution < -0.4 is 0 Å². The van der Waals surface area contributed by atoms with Crippen LogP contribution in [-0.4, -0.2) is 23.9 Å². The first-order chi connectivity index (χ1) is 6.77. The molecule has 0 radical (unpaired) electrons. The van der Waals surface area contributed by atoms with Gasteiger partial charge in [-0.25, -0.2) is 0 Å². The van der Waals surface area contributed by atoms with Gasteiger partial charge in [-0.1, -0.05) is 12.0 Å². The maximum atomic E-state index is 11.7. The van der Waals surface area contributed by atoms with Gasteiger partial charge in [0.15, 0.2) is 0 Å². The summed E-state index contributed by atoms with van der Waals surface area (Å²) in [6.45, 7) is 3.01. The minimum Gasteiger partial charge on any atom is -0.332 e. The lowest BCUT2D eigenvalue weighted by Crippen LogP contribution is -2.32. The summed E-state index contributed by atoms with van der Waals surface area (Å²) in [4.78, 5) is 14.4. The van der Waals surface area contributed by atoms with Gasteiger partial charge in [0.1, 0.15) is 0 Å². The third-order valence-electron chi connectivity index (χ3n) is 1.92. The fourth-order valence-electron chi connectivity index (χ4n) is 1.16. The second-order valence-electron chi connectivity index (χ2n) is 2.87. The topological polar surface area (TPSA) is 20.3 Å². The smallest absolute Gasteiger partial charge is 0.228 e. The lowest BCUT2D eigenvalue weighted by molar-refractivity contribution is -0.129. The van der Waals surface area contributed by atoms with E-state index in [1.807, 2.05) is 24.4 Å². The monoisotopic (exact) mass is 207 g/mol. The predicted octanol–water partition coefficient (Wildman–Crippen LogP) is 1.77. The molecule has 1 amide bonds. The van der Waals surface area contributed by atoms with E-state index in [1.165, 1.54) is 0 Å². The van der Waals surface area contributed by atoms with Crippen molar-refractivity contribution in [3.8, 4) is 12.3 Å². The zero-order valence-electron chi connectivity index (χ0n) is 8.19. The molecule has 0 unspecified atom stereocenters. The predicted molar refractivity (Wildman–Crippen MR) is 59.1 cm³/mol. The molecule has 14 heavy (non-hydrogen) atoms. The van der Waals surface area contributed by atoms with Crippen molar-refractivity contribution in [3.05, 3.63) is 22.4 Å². The number of hydrogen-bond acceptors (Lipinski definition) is 2. The van der Waals surface area contributed by atoms with Gasteiger partial charge in [-0.05, 0) is 18.4 Å². The Morgan fingerprint density at radius 1 is 1.71 bits per heavy atom. The summed E-state index contributed by atoms with van der Waals surface area (Å²) in [5.41, 5.74) is 0. The molecule has 0 fully saturated rings. The van der Waals surface area contributed by atoms with E-state index < -0.39 is 0 Å². The third-order valence-corrected chi connectivity index (χ3v) is 2.80. The highest BCUT2D eigenvalue weighted by atomic mass is 32.1. The Kier molecular flexibility index (Phi) is 4.21. The Morgan fingerprint density at radius 3 is 3.00 bits per heavy atom. The van der Waals surface area contributed by atoms with Gasteiger partial charge >= 0.3 is 0 Å². The van der Waals surface area contributed by atoms with Gasteiger partial charge in [-0.2, -0.15) is 0 Å². The molecule has 0 saturated heterocycles. The average molecular weight is 207 g/mol. The first-order valence-corrected chi connectivity index (χ1v) is 5.39. The van der Waals surface area contributed by atoms with Gasteiger partial charge in [0, 0.05) is 11.4 Å². The minimum absolute atomic E-state index is 0.105. The number of thiophene rings is 1. The van der Waals surface area contributed by atoms with Crippen LogP contribution in [0.1, 0.15) is 11.8 Å². The summed E-state index contributed by atoms with van der Waals surface area (Å²) in [5, 5.41) is 1.97. The standard InChI is InChI=1S/C11H13NOS/c1-3-7-12(4-2)11(13)9-10-6-5-8-14-10/h1,5-6,8H,4,7,9H2,2H3. The Balaban J connectivity index is 2.52. The number of rotatable bonds is 4. The highest BCUT2D eigenvalue weighted by molar-refractivity contribution is 7.10. The molecule has 0 spiro atoms. The van der Waals surface area contributed by atoms with Crippen molar-refractivity contribution < 1.29 is 4.79 Å². The molecule has 0 aromatic carbocycles. The Hall–Kier alpha value is -1.27. The van der Waals surface area contributed by atoms with E-state index in [4.69, 9.17) is 6.42 Å². The highest BCUT2D eigenvalue weighted by Crippen LogP contribution is 2.10. The van der Waals surface area contributed by atoms with Crippen LogP contribution in [0, 0.1) is 12.3 Å². The number of hydrogen-bond donors (Lipinski definition) is 0. The molecule has 1 aromatic heterocycles. The Bertz CT molecular complexity index is 324. The van der Waals surface area contributed by atoms with E-state index in [0.717, 1.165) is 4.88 Å². The summed E-state index contributed by atoms with van der Waals surface area (Å²) in [5.74, 6) is 2.59. The van der Waals surface area contributed by atoms with Crippen LogP contribution in [0.25, 0.3) is 0 Å². The Morgan fingerprint density at radius 2 is 2.50 bits per heavy atom. The van der Waals surface area contributed by atoms with Crippen LogP contribution in [0.2, 0.25) is 0 Å².